The Hall–Kier alpha value is -1.55. The van der Waals surface area contributed by atoms with E-state index in [1.54, 1.807) is 7.11 Å². The Morgan fingerprint density at radius 3 is 2.95 bits per heavy atom. The number of amides is 1. The number of rotatable bonds is 2. The Morgan fingerprint density at radius 2 is 2.25 bits per heavy atom. The maximum Gasteiger partial charge on any atom is 0.247 e. The lowest BCUT2D eigenvalue weighted by atomic mass is 9.94. The molecule has 1 aromatic rings. The minimum atomic E-state index is -0.394. The summed E-state index contributed by atoms with van der Waals surface area (Å²) in [6.07, 6.45) is 4.03. The van der Waals surface area contributed by atoms with Gasteiger partial charge in [-0.3, -0.25) is 4.79 Å². The summed E-state index contributed by atoms with van der Waals surface area (Å²) < 4.78 is 5.28. The number of fused-ring (bicyclic) bond motifs is 1. The number of carbonyl (C=O) groups is 1. The summed E-state index contributed by atoms with van der Waals surface area (Å²) in [6.45, 7) is 3.78. The molecule has 2 aliphatic heterocycles. The minimum absolute atomic E-state index is 0.209. The lowest BCUT2D eigenvalue weighted by Crippen LogP contribution is -2.54. The number of methoxy groups -OCH3 is 1. The van der Waals surface area contributed by atoms with Crippen molar-refractivity contribution < 1.29 is 9.53 Å². The third-order valence-corrected chi connectivity index (χ3v) is 4.49. The van der Waals surface area contributed by atoms with E-state index < -0.39 is 5.54 Å². The molecule has 3 rings (SSSR count). The normalized spacial score (nSPS) is 25.4. The highest BCUT2D eigenvalue weighted by Gasteiger charge is 2.40. The first kappa shape index (κ1) is 13.4. The Balaban J connectivity index is 1.91. The number of anilines is 1. The zero-order valence-corrected chi connectivity index (χ0v) is 12.2. The zero-order valence-electron chi connectivity index (χ0n) is 12.2. The van der Waals surface area contributed by atoms with Gasteiger partial charge in [0.15, 0.2) is 0 Å². The van der Waals surface area contributed by atoms with Gasteiger partial charge in [0.2, 0.25) is 5.91 Å². The number of aryl methyl sites for hydroxylation is 1. The number of hydrogen-bond donors (Lipinski definition) is 1. The summed E-state index contributed by atoms with van der Waals surface area (Å²) in [5.74, 6) is 1.07. The molecular weight excluding hydrogens is 252 g/mol. The highest BCUT2D eigenvalue weighted by Crippen LogP contribution is 2.33. The lowest BCUT2D eigenvalue weighted by Gasteiger charge is -2.35. The molecule has 20 heavy (non-hydrogen) atoms. The van der Waals surface area contributed by atoms with Gasteiger partial charge >= 0.3 is 0 Å². The zero-order chi connectivity index (χ0) is 14.2. The van der Waals surface area contributed by atoms with Crippen molar-refractivity contribution in [3.8, 4) is 5.75 Å². The summed E-state index contributed by atoms with van der Waals surface area (Å²) >= 11 is 0. The van der Waals surface area contributed by atoms with Gasteiger partial charge in [-0.05, 0) is 62.9 Å². The van der Waals surface area contributed by atoms with E-state index in [-0.39, 0.29) is 5.91 Å². The molecule has 4 heteroatoms. The molecule has 1 N–H and O–H groups in total. The predicted molar refractivity (Wildman–Crippen MR) is 79.3 cm³/mol. The van der Waals surface area contributed by atoms with E-state index >= 15 is 0 Å². The first-order chi connectivity index (χ1) is 9.64. The maximum absolute atomic E-state index is 12.9. The molecule has 0 saturated carbocycles. The van der Waals surface area contributed by atoms with E-state index in [2.05, 4.69) is 11.4 Å². The van der Waals surface area contributed by atoms with E-state index in [4.69, 9.17) is 4.74 Å². The van der Waals surface area contributed by atoms with Crippen LogP contribution in [0.25, 0.3) is 0 Å². The van der Waals surface area contributed by atoms with Crippen molar-refractivity contribution in [2.24, 2.45) is 0 Å². The van der Waals surface area contributed by atoms with Gasteiger partial charge in [-0.25, -0.2) is 0 Å². The Kier molecular flexibility index (Phi) is 3.42. The topological polar surface area (TPSA) is 41.6 Å². The number of nitrogens with one attached hydrogen (secondary N) is 1. The average molecular weight is 274 g/mol. The number of carbonyl (C=O) groups excluding carboxylic acids is 1. The van der Waals surface area contributed by atoms with Crippen LogP contribution in [0.3, 0.4) is 0 Å². The van der Waals surface area contributed by atoms with Gasteiger partial charge in [0.1, 0.15) is 5.75 Å². The third-order valence-electron chi connectivity index (χ3n) is 4.49. The molecule has 1 amide bonds. The second-order valence-corrected chi connectivity index (χ2v) is 5.92. The standard InChI is InChI=1S/C16H22N2O2/c1-16(8-4-9-17-16)15(19)18-10-3-5-12-11-13(20-2)6-7-14(12)18/h6-7,11,17H,3-5,8-10H2,1-2H3. The Bertz CT molecular complexity index is 521. The molecule has 0 aliphatic carbocycles. The third kappa shape index (κ3) is 2.18. The van der Waals surface area contributed by atoms with Crippen molar-refractivity contribution in [3.63, 3.8) is 0 Å². The van der Waals surface area contributed by atoms with Crippen molar-refractivity contribution in [1.82, 2.24) is 5.32 Å². The van der Waals surface area contributed by atoms with Gasteiger partial charge in [0, 0.05) is 12.2 Å². The fourth-order valence-electron chi connectivity index (χ4n) is 3.29. The van der Waals surface area contributed by atoms with Gasteiger partial charge in [0.25, 0.3) is 0 Å². The van der Waals surface area contributed by atoms with E-state index in [9.17, 15) is 4.79 Å². The van der Waals surface area contributed by atoms with Crippen LogP contribution < -0.4 is 15.0 Å². The molecule has 108 valence electrons. The van der Waals surface area contributed by atoms with E-state index in [0.717, 1.165) is 50.2 Å². The molecule has 1 saturated heterocycles. The van der Waals surface area contributed by atoms with Crippen LogP contribution in [0.15, 0.2) is 18.2 Å². The Morgan fingerprint density at radius 1 is 1.40 bits per heavy atom. The van der Waals surface area contributed by atoms with Gasteiger partial charge < -0.3 is 15.0 Å². The first-order valence-corrected chi connectivity index (χ1v) is 7.38. The van der Waals surface area contributed by atoms with Crippen molar-refractivity contribution >= 4 is 11.6 Å². The van der Waals surface area contributed by atoms with Gasteiger partial charge in [-0.2, -0.15) is 0 Å². The smallest absolute Gasteiger partial charge is 0.247 e. The highest BCUT2D eigenvalue weighted by atomic mass is 16.5. The molecule has 1 atom stereocenters. The Labute approximate surface area is 120 Å². The number of hydrogen-bond acceptors (Lipinski definition) is 3. The number of ether oxygens (including phenoxy) is 1. The second-order valence-electron chi connectivity index (χ2n) is 5.92. The summed E-state index contributed by atoms with van der Waals surface area (Å²) in [7, 11) is 1.68. The van der Waals surface area contributed by atoms with Crippen LogP contribution in [-0.2, 0) is 11.2 Å². The molecule has 1 fully saturated rings. The second kappa shape index (κ2) is 5.09. The summed E-state index contributed by atoms with van der Waals surface area (Å²) in [5, 5.41) is 3.37. The fourth-order valence-corrected chi connectivity index (χ4v) is 3.29. The molecule has 0 aromatic heterocycles. The van der Waals surface area contributed by atoms with Crippen LogP contribution >= 0.6 is 0 Å². The van der Waals surface area contributed by atoms with Crippen LogP contribution in [-0.4, -0.2) is 31.6 Å². The maximum atomic E-state index is 12.9. The molecule has 0 spiro atoms. The van der Waals surface area contributed by atoms with E-state index in [0.29, 0.717) is 0 Å². The minimum Gasteiger partial charge on any atom is -0.497 e. The van der Waals surface area contributed by atoms with Crippen LogP contribution in [0, 0.1) is 0 Å². The molecule has 2 aliphatic rings. The van der Waals surface area contributed by atoms with Crippen LogP contribution in [0.4, 0.5) is 5.69 Å². The molecular formula is C16H22N2O2. The lowest BCUT2D eigenvalue weighted by molar-refractivity contribution is -0.123. The molecule has 0 radical (unpaired) electrons. The average Bonchev–Trinajstić information content (AvgIpc) is 2.93. The van der Waals surface area contributed by atoms with Gasteiger partial charge in [-0.1, -0.05) is 0 Å². The number of benzene rings is 1. The van der Waals surface area contributed by atoms with Gasteiger partial charge in [-0.15, -0.1) is 0 Å². The van der Waals surface area contributed by atoms with Crippen molar-refractivity contribution in [2.45, 2.75) is 38.1 Å². The predicted octanol–water partition coefficient (Wildman–Crippen LogP) is 2.12. The summed E-state index contributed by atoms with van der Waals surface area (Å²) in [5.41, 5.74) is 1.87. The van der Waals surface area contributed by atoms with Crippen LogP contribution in [0.1, 0.15) is 31.7 Å². The van der Waals surface area contributed by atoms with Crippen molar-refractivity contribution in [2.75, 3.05) is 25.1 Å². The molecule has 1 aromatic carbocycles. The van der Waals surface area contributed by atoms with Gasteiger partial charge in [0.05, 0.1) is 12.6 Å². The van der Waals surface area contributed by atoms with Crippen molar-refractivity contribution in [3.05, 3.63) is 23.8 Å². The fraction of sp³-hybridized carbons (Fsp3) is 0.562. The van der Waals surface area contributed by atoms with Crippen molar-refractivity contribution in [1.29, 1.82) is 0 Å². The molecule has 0 bridgehead atoms. The quantitative estimate of drug-likeness (QED) is 0.898. The van der Waals surface area contributed by atoms with E-state index in [1.165, 1.54) is 5.56 Å². The van der Waals surface area contributed by atoms with Crippen LogP contribution in [0.5, 0.6) is 5.75 Å². The van der Waals surface area contributed by atoms with E-state index in [1.807, 2.05) is 24.0 Å². The monoisotopic (exact) mass is 274 g/mol. The SMILES string of the molecule is COc1ccc2c(c1)CCCN2C(=O)C1(C)CCCN1. The largest absolute Gasteiger partial charge is 0.497 e. The first-order valence-electron chi connectivity index (χ1n) is 7.38. The number of nitrogens with zero attached hydrogens (tertiary/aromatic N) is 1. The highest BCUT2D eigenvalue weighted by molar-refractivity contribution is 6.01. The van der Waals surface area contributed by atoms with Crippen LogP contribution in [0.2, 0.25) is 0 Å². The molecule has 2 heterocycles. The molecule has 4 nitrogen and oxygen atoms in total. The molecule has 1 unspecified atom stereocenters. The summed E-state index contributed by atoms with van der Waals surface area (Å²) in [6, 6.07) is 6.01. The summed E-state index contributed by atoms with van der Waals surface area (Å²) in [4.78, 5) is 14.8.